The molecular weight excluding hydrogens is 296 g/mol. The summed E-state index contributed by atoms with van der Waals surface area (Å²) in [5.74, 6) is 0. The maximum absolute atomic E-state index is 12.9. The smallest absolute Gasteiger partial charge is 0.194 e. The molecule has 1 aromatic heterocycles. The van der Waals surface area contributed by atoms with Gasteiger partial charge in [0.2, 0.25) is 0 Å². The summed E-state index contributed by atoms with van der Waals surface area (Å²) in [6.45, 7) is 6.79. The van der Waals surface area contributed by atoms with Crippen LogP contribution in [0.15, 0.2) is 47.3 Å². The number of hydrogen-bond donors (Lipinski definition) is 1. The number of aromatic amines is 1. The Kier molecular flexibility index (Phi) is 3.73. The van der Waals surface area contributed by atoms with Crippen molar-refractivity contribution in [3.63, 3.8) is 0 Å². The van der Waals surface area contributed by atoms with Crippen molar-refractivity contribution in [3.05, 3.63) is 80.6 Å². The highest BCUT2D eigenvalue weighted by Crippen LogP contribution is 2.21. The van der Waals surface area contributed by atoms with Crippen molar-refractivity contribution in [3.8, 4) is 0 Å². The number of aryl methyl sites for hydroxylation is 2. The summed E-state index contributed by atoms with van der Waals surface area (Å²) in [6, 6.07) is 14.6. The minimum absolute atomic E-state index is 0.192. The number of nitrogens with zero attached hydrogens (tertiary/aromatic N) is 1. The van der Waals surface area contributed by atoms with Crippen molar-refractivity contribution < 1.29 is 0 Å². The van der Waals surface area contributed by atoms with Crippen LogP contribution in [0.3, 0.4) is 0 Å². The fourth-order valence-corrected chi connectivity index (χ4v) is 3.61. The quantitative estimate of drug-likeness (QED) is 0.782. The van der Waals surface area contributed by atoms with Gasteiger partial charge in [0.25, 0.3) is 0 Å². The van der Waals surface area contributed by atoms with E-state index < -0.39 is 0 Å². The normalized spacial score (nSPS) is 14.8. The minimum Gasteiger partial charge on any atom is -0.358 e. The lowest BCUT2D eigenvalue weighted by atomic mass is 10.00. The zero-order valence-corrected chi connectivity index (χ0v) is 14.2. The first kappa shape index (κ1) is 15.2. The highest BCUT2D eigenvalue weighted by atomic mass is 16.1. The van der Waals surface area contributed by atoms with Crippen LogP contribution in [0.1, 0.15) is 27.9 Å². The molecule has 4 rings (SSSR count). The van der Waals surface area contributed by atoms with Crippen molar-refractivity contribution >= 4 is 10.9 Å². The first-order chi connectivity index (χ1) is 11.6. The zero-order chi connectivity index (χ0) is 16.7. The van der Waals surface area contributed by atoms with Crippen molar-refractivity contribution in [2.24, 2.45) is 0 Å². The van der Waals surface area contributed by atoms with Gasteiger partial charge in [-0.3, -0.25) is 9.69 Å². The molecule has 0 spiro atoms. The van der Waals surface area contributed by atoms with Crippen LogP contribution in [-0.4, -0.2) is 16.4 Å². The van der Waals surface area contributed by atoms with Crippen LogP contribution in [0.4, 0.5) is 0 Å². The van der Waals surface area contributed by atoms with Crippen molar-refractivity contribution in [2.75, 3.05) is 6.54 Å². The monoisotopic (exact) mass is 318 g/mol. The lowest BCUT2D eigenvalue weighted by Crippen LogP contribution is -2.34. The van der Waals surface area contributed by atoms with E-state index in [4.69, 9.17) is 0 Å². The zero-order valence-electron chi connectivity index (χ0n) is 14.2. The van der Waals surface area contributed by atoms with Crippen LogP contribution in [0.25, 0.3) is 10.9 Å². The Bertz CT molecular complexity index is 971. The Morgan fingerprint density at radius 1 is 1.12 bits per heavy atom. The van der Waals surface area contributed by atoms with Crippen LogP contribution in [0, 0.1) is 13.8 Å². The minimum atomic E-state index is 0.192. The third kappa shape index (κ3) is 2.65. The van der Waals surface area contributed by atoms with Crippen LogP contribution < -0.4 is 5.43 Å². The van der Waals surface area contributed by atoms with Crippen molar-refractivity contribution in [1.29, 1.82) is 0 Å². The van der Waals surface area contributed by atoms with Gasteiger partial charge < -0.3 is 4.98 Å². The molecule has 2 aromatic carbocycles. The van der Waals surface area contributed by atoms with Crippen LogP contribution in [0.2, 0.25) is 0 Å². The van der Waals surface area contributed by atoms with Gasteiger partial charge >= 0.3 is 0 Å². The molecule has 0 fully saturated rings. The van der Waals surface area contributed by atoms with Crippen molar-refractivity contribution in [1.82, 2.24) is 9.88 Å². The average molecular weight is 318 g/mol. The van der Waals surface area contributed by atoms with Gasteiger partial charge in [-0.05, 0) is 37.1 Å². The summed E-state index contributed by atoms with van der Waals surface area (Å²) in [5, 5.41) is 0.812. The summed E-state index contributed by atoms with van der Waals surface area (Å²) in [6.07, 6.45) is 0.903. The molecule has 122 valence electrons. The van der Waals surface area contributed by atoms with Crippen LogP contribution >= 0.6 is 0 Å². The Balaban J connectivity index is 1.69. The number of aromatic nitrogens is 1. The van der Waals surface area contributed by atoms with E-state index in [9.17, 15) is 4.79 Å². The summed E-state index contributed by atoms with van der Waals surface area (Å²) in [4.78, 5) is 18.8. The summed E-state index contributed by atoms with van der Waals surface area (Å²) in [7, 11) is 0. The molecule has 1 N–H and O–H groups in total. The fraction of sp³-hybridized carbons (Fsp3) is 0.286. The Morgan fingerprint density at radius 2 is 1.96 bits per heavy atom. The predicted octanol–water partition coefficient (Wildman–Crippen LogP) is 3.70. The highest BCUT2D eigenvalue weighted by molar-refractivity contribution is 5.80. The van der Waals surface area contributed by atoms with E-state index in [2.05, 4.69) is 47.1 Å². The second-order valence-corrected chi connectivity index (χ2v) is 6.85. The first-order valence-corrected chi connectivity index (χ1v) is 8.53. The number of H-pyrrole nitrogens is 1. The molecule has 0 amide bonds. The number of benzene rings is 2. The standard InChI is InChI=1S/C21H22N2O/c1-14-7-8-19-17(11-14)21(24)18-13-23(10-9-20(18)22-19)12-16-6-4-3-5-15(16)2/h3-8,11H,9-10,12-13H2,1-2H3,(H,22,24). The molecular formula is C21H22N2O. The summed E-state index contributed by atoms with van der Waals surface area (Å²) < 4.78 is 0. The Hall–Kier alpha value is -2.39. The lowest BCUT2D eigenvalue weighted by Gasteiger charge is -2.29. The second kappa shape index (κ2) is 5.91. The van der Waals surface area contributed by atoms with Crippen LogP contribution in [-0.2, 0) is 19.5 Å². The molecule has 2 heterocycles. The van der Waals surface area contributed by atoms with E-state index in [1.165, 1.54) is 11.1 Å². The van der Waals surface area contributed by atoms with Gasteiger partial charge in [0.15, 0.2) is 5.43 Å². The van der Waals surface area contributed by atoms with Crippen LogP contribution in [0.5, 0.6) is 0 Å². The molecule has 0 atom stereocenters. The maximum atomic E-state index is 12.9. The van der Waals surface area contributed by atoms with Gasteiger partial charge in [0.1, 0.15) is 0 Å². The molecule has 0 saturated heterocycles. The first-order valence-electron chi connectivity index (χ1n) is 8.53. The van der Waals surface area contributed by atoms with Gasteiger partial charge in [0.05, 0.1) is 0 Å². The highest BCUT2D eigenvalue weighted by Gasteiger charge is 2.21. The largest absolute Gasteiger partial charge is 0.358 e. The van der Waals surface area contributed by atoms with E-state index in [0.717, 1.165) is 53.8 Å². The van der Waals surface area contributed by atoms with E-state index >= 15 is 0 Å². The molecule has 3 nitrogen and oxygen atoms in total. The average Bonchev–Trinajstić information content (AvgIpc) is 2.58. The molecule has 24 heavy (non-hydrogen) atoms. The number of hydrogen-bond acceptors (Lipinski definition) is 2. The Labute approximate surface area is 141 Å². The second-order valence-electron chi connectivity index (χ2n) is 6.85. The van der Waals surface area contributed by atoms with Gasteiger partial charge in [-0.25, -0.2) is 0 Å². The molecule has 0 unspecified atom stereocenters. The SMILES string of the molecule is Cc1ccc2[nH]c3c(c(=O)c2c1)CN(Cc1ccccc1C)CC3. The number of rotatable bonds is 2. The van der Waals surface area contributed by atoms with Gasteiger partial charge in [-0.2, -0.15) is 0 Å². The van der Waals surface area contributed by atoms with E-state index in [1.54, 1.807) is 0 Å². The third-order valence-electron chi connectivity index (χ3n) is 5.06. The fourth-order valence-electron chi connectivity index (χ4n) is 3.61. The lowest BCUT2D eigenvalue weighted by molar-refractivity contribution is 0.242. The van der Waals surface area contributed by atoms with Gasteiger partial charge in [-0.15, -0.1) is 0 Å². The molecule has 3 aromatic rings. The van der Waals surface area contributed by atoms with Gasteiger partial charge in [-0.1, -0.05) is 35.9 Å². The molecule has 3 heteroatoms. The maximum Gasteiger partial charge on any atom is 0.194 e. The summed E-state index contributed by atoms with van der Waals surface area (Å²) >= 11 is 0. The van der Waals surface area contributed by atoms with E-state index in [-0.39, 0.29) is 5.43 Å². The summed E-state index contributed by atoms with van der Waals surface area (Å²) in [5.41, 5.74) is 6.97. The topological polar surface area (TPSA) is 36.1 Å². The number of pyridine rings is 1. The molecule has 1 aliphatic rings. The molecule has 0 radical (unpaired) electrons. The third-order valence-corrected chi connectivity index (χ3v) is 5.06. The molecule has 0 bridgehead atoms. The number of fused-ring (bicyclic) bond motifs is 2. The van der Waals surface area contributed by atoms with Gasteiger partial charge in [0, 0.05) is 48.2 Å². The predicted molar refractivity (Wildman–Crippen MR) is 98.3 cm³/mol. The molecule has 1 aliphatic heterocycles. The van der Waals surface area contributed by atoms with E-state index in [1.807, 2.05) is 19.1 Å². The Morgan fingerprint density at radius 3 is 2.79 bits per heavy atom. The number of nitrogens with one attached hydrogen (secondary N) is 1. The molecule has 0 saturated carbocycles. The van der Waals surface area contributed by atoms with E-state index in [0.29, 0.717) is 0 Å². The van der Waals surface area contributed by atoms with Crippen molar-refractivity contribution in [2.45, 2.75) is 33.4 Å². The molecule has 0 aliphatic carbocycles.